The van der Waals surface area contributed by atoms with Gasteiger partial charge < -0.3 is 10.6 Å². The highest BCUT2D eigenvalue weighted by Crippen LogP contribution is 2.23. The van der Waals surface area contributed by atoms with E-state index in [-0.39, 0.29) is 6.04 Å². The Kier molecular flexibility index (Phi) is 3.53. The van der Waals surface area contributed by atoms with Crippen molar-refractivity contribution in [1.82, 2.24) is 0 Å². The molecule has 0 saturated heterocycles. The lowest BCUT2D eigenvalue weighted by atomic mass is 10.1. The van der Waals surface area contributed by atoms with Gasteiger partial charge in [0.1, 0.15) is 0 Å². The fourth-order valence-corrected chi connectivity index (χ4v) is 1.93. The minimum Gasteiger partial charge on any atom is -0.373 e. The van der Waals surface area contributed by atoms with Crippen LogP contribution < -0.4 is 10.6 Å². The quantitative estimate of drug-likeness (QED) is 0.794. The second kappa shape index (κ2) is 4.47. The van der Waals surface area contributed by atoms with E-state index in [4.69, 9.17) is 5.73 Å². The second-order valence-electron chi connectivity index (χ2n) is 4.10. The van der Waals surface area contributed by atoms with Crippen LogP contribution in [0.3, 0.4) is 0 Å². The summed E-state index contributed by atoms with van der Waals surface area (Å²) in [6.07, 6.45) is 0. The van der Waals surface area contributed by atoms with Gasteiger partial charge in [0.2, 0.25) is 0 Å². The summed E-state index contributed by atoms with van der Waals surface area (Å²) in [4.78, 5) is 2.23. The third-order valence-electron chi connectivity index (χ3n) is 2.38. The Balaban J connectivity index is 2.94. The Morgan fingerprint density at radius 2 is 1.79 bits per heavy atom. The van der Waals surface area contributed by atoms with E-state index in [9.17, 15) is 0 Å². The van der Waals surface area contributed by atoms with Gasteiger partial charge in [0.25, 0.3) is 0 Å². The number of benzene rings is 1. The molecule has 0 aromatic heterocycles. The summed E-state index contributed by atoms with van der Waals surface area (Å²) < 4.78 is 0. The van der Waals surface area contributed by atoms with Gasteiger partial charge in [-0.1, -0.05) is 18.2 Å². The van der Waals surface area contributed by atoms with Crippen LogP contribution in [-0.4, -0.2) is 19.6 Å². The molecule has 78 valence electrons. The molecule has 1 aromatic rings. The van der Waals surface area contributed by atoms with Gasteiger partial charge in [0.05, 0.1) is 0 Å². The van der Waals surface area contributed by atoms with Crippen LogP contribution in [0.15, 0.2) is 18.2 Å². The molecule has 0 saturated carbocycles. The maximum absolute atomic E-state index is 5.79. The van der Waals surface area contributed by atoms with Crippen molar-refractivity contribution < 1.29 is 0 Å². The summed E-state index contributed by atoms with van der Waals surface area (Å²) in [6, 6.07) is 6.58. The molecule has 14 heavy (non-hydrogen) atoms. The number of para-hydroxylation sites is 1. The van der Waals surface area contributed by atoms with E-state index in [0.29, 0.717) is 0 Å². The van der Waals surface area contributed by atoms with Crippen LogP contribution >= 0.6 is 0 Å². The van der Waals surface area contributed by atoms with Crippen molar-refractivity contribution in [2.24, 2.45) is 5.73 Å². The molecule has 0 spiro atoms. The van der Waals surface area contributed by atoms with E-state index in [2.05, 4.69) is 44.0 Å². The van der Waals surface area contributed by atoms with Gasteiger partial charge in [0, 0.05) is 25.3 Å². The van der Waals surface area contributed by atoms with Gasteiger partial charge >= 0.3 is 0 Å². The molecule has 0 radical (unpaired) electrons. The molecular formula is C12H20N2. The lowest BCUT2D eigenvalue weighted by Crippen LogP contribution is -2.33. The van der Waals surface area contributed by atoms with Gasteiger partial charge in [-0.2, -0.15) is 0 Å². The van der Waals surface area contributed by atoms with Crippen molar-refractivity contribution >= 4 is 5.69 Å². The van der Waals surface area contributed by atoms with Crippen LogP contribution in [0.5, 0.6) is 0 Å². The first-order chi connectivity index (χ1) is 6.52. The van der Waals surface area contributed by atoms with E-state index >= 15 is 0 Å². The molecule has 0 aliphatic heterocycles. The van der Waals surface area contributed by atoms with Crippen LogP contribution in [0, 0.1) is 13.8 Å². The number of rotatable bonds is 3. The van der Waals surface area contributed by atoms with Crippen molar-refractivity contribution in [3.8, 4) is 0 Å². The van der Waals surface area contributed by atoms with Gasteiger partial charge in [0.15, 0.2) is 0 Å². The predicted molar refractivity (Wildman–Crippen MR) is 62.8 cm³/mol. The Bertz CT molecular complexity index is 285. The number of aryl methyl sites for hydroxylation is 2. The third kappa shape index (κ3) is 2.48. The maximum Gasteiger partial charge on any atom is 0.0423 e. The lowest BCUT2D eigenvalue weighted by molar-refractivity contribution is 0.715. The number of anilines is 1. The minimum atomic E-state index is 0.207. The van der Waals surface area contributed by atoms with E-state index < -0.39 is 0 Å². The largest absolute Gasteiger partial charge is 0.373 e. The molecule has 0 aliphatic rings. The topological polar surface area (TPSA) is 29.3 Å². The van der Waals surface area contributed by atoms with Gasteiger partial charge in [-0.25, -0.2) is 0 Å². The smallest absolute Gasteiger partial charge is 0.0423 e. The SMILES string of the molecule is Cc1cccc(C)c1N(C)CC(C)N. The summed E-state index contributed by atoms with van der Waals surface area (Å²) in [7, 11) is 2.10. The average molecular weight is 192 g/mol. The van der Waals surface area contributed by atoms with E-state index in [1.54, 1.807) is 0 Å². The van der Waals surface area contributed by atoms with Crippen molar-refractivity contribution in [2.75, 3.05) is 18.5 Å². The third-order valence-corrected chi connectivity index (χ3v) is 2.38. The summed E-state index contributed by atoms with van der Waals surface area (Å²) in [5.41, 5.74) is 9.73. The van der Waals surface area contributed by atoms with Crippen LogP contribution in [0.25, 0.3) is 0 Å². The Hall–Kier alpha value is -1.02. The fourth-order valence-electron chi connectivity index (χ4n) is 1.93. The predicted octanol–water partition coefficient (Wildman–Crippen LogP) is 2.09. The highest BCUT2D eigenvalue weighted by Gasteiger charge is 2.08. The molecular weight excluding hydrogens is 172 g/mol. The first kappa shape index (κ1) is 11.1. The standard InChI is InChI=1S/C12H20N2/c1-9-6-5-7-10(2)12(9)14(4)8-11(3)13/h5-7,11H,8,13H2,1-4H3. The first-order valence-electron chi connectivity index (χ1n) is 5.05. The highest BCUT2D eigenvalue weighted by atomic mass is 15.1. The number of nitrogens with two attached hydrogens (primary N) is 1. The highest BCUT2D eigenvalue weighted by molar-refractivity contribution is 5.58. The molecule has 1 aromatic carbocycles. The Morgan fingerprint density at radius 3 is 2.21 bits per heavy atom. The van der Waals surface area contributed by atoms with E-state index in [1.165, 1.54) is 16.8 Å². The van der Waals surface area contributed by atoms with Gasteiger partial charge in [-0.05, 0) is 31.9 Å². The van der Waals surface area contributed by atoms with Crippen molar-refractivity contribution in [2.45, 2.75) is 26.8 Å². The zero-order chi connectivity index (χ0) is 10.7. The number of hydrogen-bond acceptors (Lipinski definition) is 2. The maximum atomic E-state index is 5.79. The molecule has 0 bridgehead atoms. The molecule has 1 unspecified atom stereocenters. The van der Waals surface area contributed by atoms with Crippen molar-refractivity contribution in [3.05, 3.63) is 29.3 Å². The number of likely N-dealkylation sites (N-methyl/N-ethyl adjacent to an activating group) is 1. The monoisotopic (exact) mass is 192 g/mol. The van der Waals surface area contributed by atoms with E-state index in [1.807, 2.05) is 6.92 Å². The molecule has 0 amide bonds. The molecule has 0 heterocycles. The lowest BCUT2D eigenvalue weighted by Gasteiger charge is -2.25. The zero-order valence-corrected chi connectivity index (χ0v) is 9.54. The van der Waals surface area contributed by atoms with E-state index in [0.717, 1.165) is 6.54 Å². The second-order valence-corrected chi connectivity index (χ2v) is 4.10. The van der Waals surface area contributed by atoms with Crippen LogP contribution in [0.2, 0.25) is 0 Å². The van der Waals surface area contributed by atoms with Crippen molar-refractivity contribution in [1.29, 1.82) is 0 Å². The fraction of sp³-hybridized carbons (Fsp3) is 0.500. The molecule has 2 nitrogen and oxygen atoms in total. The van der Waals surface area contributed by atoms with Gasteiger partial charge in [-0.15, -0.1) is 0 Å². The van der Waals surface area contributed by atoms with Crippen LogP contribution in [0.4, 0.5) is 5.69 Å². The first-order valence-corrected chi connectivity index (χ1v) is 5.05. The summed E-state index contributed by atoms with van der Waals surface area (Å²) >= 11 is 0. The summed E-state index contributed by atoms with van der Waals surface area (Å²) in [5, 5.41) is 0. The average Bonchev–Trinajstić information content (AvgIpc) is 2.01. The minimum absolute atomic E-state index is 0.207. The molecule has 0 aliphatic carbocycles. The number of nitrogens with zero attached hydrogens (tertiary/aromatic N) is 1. The molecule has 1 rings (SSSR count). The van der Waals surface area contributed by atoms with Crippen molar-refractivity contribution in [3.63, 3.8) is 0 Å². The Labute approximate surface area is 86.7 Å². The van der Waals surface area contributed by atoms with Gasteiger partial charge in [-0.3, -0.25) is 0 Å². The van der Waals surface area contributed by atoms with Crippen LogP contribution in [-0.2, 0) is 0 Å². The molecule has 2 heteroatoms. The summed E-state index contributed by atoms with van der Waals surface area (Å²) in [6.45, 7) is 7.20. The molecule has 0 fully saturated rings. The zero-order valence-electron chi connectivity index (χ0n) is 9.54. The molecule has 1 atom stereocenters. The number of hydrogen-bond donors (Lipinski definition) is 1. The summed E-state index contributed by atoms with van der Waals surface area (Å²) in [5.74, 6) is 0. The normalized spacial score (nSPS) is 12.6. The Morgan fingerprint density at radius 1 is 1.29 bits per heavy atom. The van der Waals surface area contributed by atoms with Crippen LogP contribution in [0.1, 0.15) is 18.1 Å². The molecule has 2 N–H and O–H groups in total.